The first-order chi connectivity index (χ1) is 7.15. The first-order valence-corrected chi connectivity index (χ1v) is 3.90. The first-order valence-electron chi connectivity index (χ1n) is 3.90. The SMILES string of the molecule is N#Cc1cnc2ncc(C(=O)O)n2c1N. The largest absolute Gasteiger partial charge is 0.477 e. The highest BCUT2D eigenvalue weighted by molar-refractivity contribution is 5.87. The van der Waals surface area contributed by atoms with Gasteiger partial charge in [-0.15, -0.1) is 0 Å². The number of carbonyl (C=O) groups is 1. The lowest BCUT2D eigenvalue weighted by Crippen LogP contribution is -2.08. The Labute approximate surface area is 83.4 Å². The summed E-state index contributed by atoms with van der Waals surface area (Å²) in [7, 11) is 0. The van der Waals surface area contributed by atoms with Gasteiger partial charge in [-0.2, -0.15) is 5.26 Å². The van der Waals surface area contributed by atoms with Gasteiger partial charge >= 0.3 is 5.97 Å². The number of nitrogens with zero attached hydrogens (tertiary/aromatic N) is 4. The molecular formula is C8H5N5O2. The average molecular weight is 203 g/mol. The van der Waals surface area contributed by atoms with Crippen LogP contribution in [0.15, 0.2) is 12.4 Å². The Balaban J connectivity index is 2.89. The molecule has 0 aliphatic heterocycles. The Kier molecular flexibility index (Phi) is 1.76. The number of nitrogens with two attached hydrogens (primary N) is 1. The number of hydrogen-bond donors (Lipinski definition) is 2. The van der Waals surface area contributed by atoms with Gasteiger partial charge in [-0.3, -0.25) is 4.40 Å². The fourth-order valence-electron chi connectivity index (χ4n) is 1.22. The number of rotatable bonds is 1. The van der Waals surface area contributed by atoms with Gasteiger partial charge in [0.25, 0.3) is 0 Å². The number of carboxylic acid groups (broad SMARTS) is 1. The fourth-order valence-corrected chi connectivity index (χ4v) is 1.22. The van der Waals surface area contributed by atoms with Gasteiger partial charge in [0.05, 0.1) is 12.4 Å². The van der Waals surface area contributed by atoms with Gasteiger partial charge < -0.3 is 10.8 Å². The van der Waals surface area contributed by atoms with E-state index in [1.807, 2.05) is 6.07 Å². The van der Waals surface area contributed by atoms with Crippen LogP contribution in [0.4, 0.5) is 5.82 Å². The molecule has 7 nitrogen and oxygen atoms in total. The van der Waals surface area contributed by atoms with E-state index in [-0.39, 0.29) is 22.9 Å². The van der Waals surface area contributed by atoms with Crippen LogP contribution in [0, 0.1) is 11.3 Å². The van der Waals surface area contributed by atoms with Crippen molar-refractivity contribution in [1.82, 2.24) is 14.4 Å². The predicted molar refractivity (Wildman–Crippen MR) is 49.1 cm³/mol. The number of nitrogen functional groups attached to an aromatic ring is 1. The molecule has 2 heterocycles. The zero-order valence-electron chi connectivity index (χ0n) is 7.38. The maximum Gasteiger partial charge on any atom is 0.354 e. The highest BCUT2D eigenvalue weighted by Crippen LogP contribution is 2.14. The summed E-state index contributed by atoms with van der Waals surface area (Å²) < 4.78 is 1.13. The van der Waals surface area contributed by atoms with Crippen LogP contribution in [0.3, 0.4) is 0 Å². The zero-order valence-corrected chi connectivity index (χ0v) is 7.38. The number of anilines is 1. The van der Waals surface area contributed by atoms with E-state index in [1.165, 1.54) is 6.20 Å². The van der Waals surface area contributed by atoms with Crippen LogP contribution in [0.5, 0.6) is 0 Å². The van der Waals surface area contributed by atoms with Crippen molar-refractivity contribution in [1.29, 1.82) is 5.26 Å². The molecule has 0 bridgehead atoms. The normalized spacial score (nSPS) is 10.1. The first kappa shape index (κ1) is 8.96. The van der Waals surface area contributed by atoms with Gasteiger partial charge in [0.1, 0.15) is 17.5 Å². The summed E-state index contributed by atoms with van der Waals surface area (Å²) in [6.45, 7) is 0. The van der Waals surface area contributed by atoms with Gasteiger partial charge in [0, 0.05) is 0 Å². The highest BCUT2D eigenvalue weighted by Gasteiger charge is 2.15. The summed E-state index contributed by atoms with van der Waals surface area (Å²) >= 11 is 0. The molecule has 0 saturated carbocycles. The minimum Gasteiger partial charge on any atom is -0.477 e. The van der Waals surface area contributed by atoms with Crippen LogP contribution >= 0.6 is 0 Å². The lowest BCUT2D eigenvalue weighted by molar-refractivity contribution is 0.0689. The molecule has 74 valence electrons. The molecule has 0 aliphatic rings. The molecule has 3 N–H and O–H groups in total. The maximum absolute atomic E-state index is 10.8. The molecule has 0 unspecified atom stereocenters. The smallest absolute Gasteiger partial charge is 0.354 e. The van der Waals surface area contributed by atoms with Gasteiger partial charge in [-0.05, 0) is 0 Å². The standard InChI is InChI=1S/C8H5N5O2/c9-1-4-2-11-8-12-3-5(7(14)15)13(8)6(4)10/h2-3H,10H2,(H,14,15). The third kappa shape index (κ3) is 1.16. The van der Waals surface area contributed by atoms with E-state index in [4.69, 9.17) is 16.1 Å². The van der Waals surface area contributed by atoms with Crippen molar-refractivity contribution in [2.45, 2.75) is 0 Å². The van der Waals surface area contributed by atoms with E-state index in [9.17, 15) is 4.79 Å². The van der Waals surface area contributed by atoms with Gasteiger partial charge in [-0.1, -0.05) is 0 Å². The molecule has 0 aromatic carbocycles. The lowest BCUT2D eigenvalue weighted by atomic mass is 10.3. The van der Waals surface area contributed by atoms with E-state index in [0.717, 1.165) is 10.6 Å². The minimum atomic E-state index is -1.17. The molecule has 0 saturated heterocycles. The number of carboxylic acids is 1. The Bertz CT molecular complexity index is 595. The summed E-state index contributed by atoms with van der Waals surface area (Å²) in [6.07, 6.45) is 2.39. The topological polar surface area (TPSA) is 117 Å². The molecule has 0 spiro atoms. The van der Waals surface area contributed by atoms with Crippen molar-refractivity contribution in [3.8, 4) is 6.07 Å². The predicted octanol–water partition coefficient (Wildman–Crippen LogP) is -0.119. The van der Waals surface area contributed by atoms with Gasteiger partial charge in [-0.25, -0.2) is 14.8 Å². The fraction of sp³-hybridized carbons (Fsp3) is 0. The molecule has 2 aromatic heterocycles. The van der Waals surface area contributed by atoms with E-state index in [2.05, 4.69) is 9.97 Å². The number of aromatic carboxylic acids is 1. The number of hydrogen-bond acceptors (Lipinski definition) is 5. The number of fused-ring (bicyclic) bond motifs is 1. The van der Waals surface area contributed by atoms with Crippen molar-refractivity contribution in [2.75, 3.05) is 5.73 Å². The average Bonchev–Trinajstić information content (AvgIpc) is 2.63. The molecule has 0 amide bonds. The van der Waals surface area contributed by atoms with Crippen molar-refractivity contribution in [3.05, 3.63) is 23.7 Å². The molecule has 0 radical (unpaired) electrons. The Morgan fingerprint density at radius 3 is 2.80 bits per heavy atom. The highest BCUT2D eigenvalue weighted by atomic mass is 16.4. The van der Waals surface area contributed by atoms with E-state index in [1.54, 1.807) is 0 Å². The molecule has 0 aliphatic carbocycles. The van der Waals surface area contributed by atoms with Crippen LogP contribution in [-0.2, 0) is 0 Å². The molecule has 0 atom stereocenters. The van der Waals surface area contributed by atoms with Gasteiger partial charge in [0.2, 0.25) is 5.78 Å². The quantitative estimate of drug-likeness (QED) is 0.667. The third-order valence-corrected chi connectivity index (χ3v) is 1.91. The van der Waals surface area contributed by atoms with E-state index in [0.29, 0.717) is 0 Å². The van der Waals surface area contributed by atoms with Crippen molar-refractivity contribution in [2.24, 2.45) is 0 Å². The Hall–Kier alpha value is -2.62. The molecular weight excluding hydrogens is 198 g/mol. The summed E-state index contributed by atoms with van der Waals surface area (Å²) in [5, 5.41) is 17.5. The summed E-state index contributed by atoms with van der Waals surface area (Å²) in [4.78, 5) is 18.4. The second-order valence-corrected chi connectivity index (χ2v) is 2.75. The van der Waals surface area contributed by atoms with Crippen LogP contribution in [0.2, 0.25) is 0 Å². The molecule has 2 rings (SSSR count). The lowest BCUT2D eigenvalue weighted by Gasteiger charge is -2.02. The van der Waals surface area contributed by atoms with Crippen LogP contribution in [0.25, 0.3) is 5.78 Å². The second-order valence-electron chi connectivity index (χ2n) is 2.75. The second kappa shape index (κ2) is 2.95. The van der Waals surface area contributed by atoms with Gasteiger partial charge in [0.15, 0.2) is 5.69 Å². The number of imidazole rings is 1. The van der Waals surface area contributed by atoms with Crippen LogP contribution in [0.1, 0.15) is 16.1 Å². The Morgan fingerprint density at radius 1 is 1.53 bits per heavy atom. The molecule has 15 heavy (non-hydrogen) atoms. The minimum absolute atomic E-state index is 0.0254. The monoisotopic (exact) mass is 203 g/mol. The summed E-state index contributed by atoms with van der Waals surface area (Å²) in [5.74, 6) is -0.993. The summed E-state index contributed by atoms with van der Waals surface area (Å²) in [5.41, 5.74) is 5.61. The number of nitriles is 1. The third-order valence-electron chi connectivity index (χ3n) is 1.91. The molecule has 2 aromatic rings. The number of aromatic nitrogens is 3. The molecule has 0 fully saturated rings. The zero-order chi connectivity index (χ0) is 11.0. The van der Waals surface area contributed by atoms with Crippen molar-refractivity contribution < 1.29 is 9.90 Å². The summed E-state index contributed by atoms with van der Waals surface area (Å²) in [6, 6.07) is 1.81. The van der Waals surface area contributed by atoms with Crippen molar-refractivity contribution >= 4 is 17.6 Å². The maximum atomic E-state index is 10.8. The van der Waals surface area contributed by atoms with Crippen LogP contribution in [-0.4, -0.2) is 25.4 Å². The van der Waals surface area contributed by atoms with E-state index < -0.39 is 5.97 Å². The van der Waals surface area contributed by atoms with Crippen LogP contribution < -0.4 is 5.73 Å². The van der Waals surface area contributed by atoms with Crippen molar-refractivity contribution in [3.63, 3.8) is 0 Å². The Morgan fingerprint density at radius 2 is 2.20 bits per heavy atom. The van der Waals surface area contributed by atoms with E-state index >= 15 is 0 Å². The molecule has 7 heteroatoms.